The van der Waals surface area contributed by atoms with Crippen LogP contribution in [0.3, 0.4) is 0 Å². The minimum absolute atomic E-state index is 0.0784. The van der Waals surface area contributed by atoms with Gasteiger partial charge in [-0.05, 0) is 24.6 Å². The van der Waals surface area contributed by atoms with Crippen LogP contribution in [-0.4, -0.2) is 30.3 Å². The number of halogens is 4. The number of anilines is 1. The molecular weight excluding hydrogens is 321 g/mol. The minimum atomic E-state index is -4.56. The van der Waals surface area contributed by atoms with Crippen molar-refractivity contribution >= 4 is 29.1 Å². The number of nitrogens with one attached hydrogen (secondary N) is 1. The van der Waals surface area contributed by atoms with E-state index in [1.807, 2.05) is 6.92 Å². The first-order chi connectivity index (χ1) is 10.2. The molecule has 0 aliphatic carbocycles. The first-order valence-corrected chi connectivity index (χ1v) is 6.97. The van der Waals surface area contributed by atoms with Gasteiger partial charge in [-0.15, -0.1) is 0 Å². The van der Waals surface area contributed by atoms with E-state index in [0.717, 1.165) is 25.0 Å². The molecule has 0 heterocycles. The van der Waals surface area contributed by atoms with Crippen LogP contribution in [0.1, 0.15) is 25.3 Å². The van der Waals surface area contributed by atoms with E-state index in [2.05, 4.69) is 5.32 Å². The predicted molar refractivity (Wildman–Crippen MR) is 77.6 cm³/mol. The number of amides is 2. The molecule has 0 saturated heterocycles. The van der Waals surface area contributed by atoms with Crippen LogP contribution in [0.15, 0.2) is 18.2 Å². The Balaban J connectivity index is 2.86. The van der Waals surface area contributed by atoms with Crippen LogP contribution in [0, 0.1) is 0 Å². The van der Waals surface area contributed by atoms with Gasteiger partial charge in [0.2, 0.25) is 0 Å². The van der Waals surface area contributed by atoms with Gasteiger partial charge >= 0.3 is 18.0 Å². The van der Waals surface area contributed by atoms with Crippen LogP contribution in [0.2, 0.25) is 5.02 Å². The van der Waals surface area contributed by atoms with Crippen molar-refractivity contribution in [2.45, 2.75) is 25.9 Å². The maximum atomic E-state index is 12.6. The maximum Gasteiger partial charge on any atom is 0.416 e. The molecule has 0 aromatic heterocycles. The maximum absolute atomic E-state index is 12.6. The van der Waals surface area contributed by atoms with Crippen molar-refractivity contribution in [3.63, 3.8) is 0 Å². The van der Waals surface area contributed by atoms with Crippen LogP contribution < -0.4 is 5.32 Å². The van der Waals surface area contributed by atoms with E-state index < -0.39 is 23.6 Å². The van der Waals surface area contributed by atoms with Gasteiger partial charge in [0.25, 0.3) is 0 Å². The van der Waals surface area contributed by atoms with Gasteiger partial charge in [-0.2, -0.15) is 13.2 Å². The number of alkyl halides is 3. The van der Waals surface area contributed by atoms with E-state index in [0.29, 0.717) is 12.6 Å². The van der Waals surface area contributed by atoms with Gasteiger partial charge in [-0.25, -0.2) is 0 Å². The smallest absolute Gasteiger partial charge is 0.338 e. The Bertz CT molecular complexity index is 562. The molecule has 0 bridgehead atoms. The molecule has 122 valence electrons. The van der Waals surface area contributed by atoms with Crippen molar-refractivity contribution in [1.82, 2.24) is 4.90 Å². The SMILES string of the molecule is CCCCN(C)C(=O)C(=O)Nc1cc(C(F)(F)F)ccc1Cl. The Labute approximate surface area is 131 Å². The lowest BCUT2D eigenvalue weighted by molar-refractivity contribution is -0.142. The molecule has 0 fully saturated rings. The summed E-state index contributed by atoms with van der Waals surface area (Å²) in [7, 11) is 1.45. The summed E-state index contributed by atoms with van der Waals surface area (Å²) in [5, 5.41) is 2.04. The number of benzene rings is 1. The lowest BCUT2D eigenvalue weighted by atomic mass is 10.2. The molecule has 0 radical (unpaired) electrons. The van der Waals surface area contributed by atoms with Crippen LogP contribution in [0.25, 0.3) is 0 Å². The molecule has 0 aliphatic rings. The normalized spacial score (nSPS) is 11.2. The van der Waals surface area contributed by atoms with E-state index in [9.17, 15) is 22.8 Å². The zero-order valence-corrected chi connectivity index (χ0v) is 12.9. The van der Waals surface area contributed by atoms with Gasteiger partial charge in [0, 0.05) is 13.6 Å². The molecule has 0 unspecified atom stereocenters. The van der Waals surface area contributed by atoms with E-state index in [-0.39, 0.29) is 10.7 Å². The fourth-order valence-corrected chi connectivity index (χ4v) is 1.81. The zero-order valence-electron chi connectivity index (χ0n) is 12.1. The molecule has 1 aromatic rings. The van der Waals surface area contributed by atoms with Crippen molar-refractivity contribution in [3.05, 3.63) is 28.8 Å². The van der Waals surface area contributed by atoms with Gasteiger partial charge < -0.3 is 10.2 Å². The Morgan fingerprint density at radius 2 is 1.95 bits per heavy atom. The van der Waals surface area contributed by atoms with Crippen molar-refractivity contribution in [2.24, 2.45) is 0 Å². The molecule has 22 heavy (non-hydrogen) atoms. The van der Waals surface area contributed by atoms with E-state index in [1.54, 1.807) is 0 Å². The van der Waals surface area contributed by atoms with Crippen molar-refractivity contribution in [3.8, 4) is 0 Å². The first-order valence-electron chi connectivity index (χ1n) is 6.60. The van der Waals surface area contributed by atoms with Gasteiger partial charge in [0.05, 0.1) is 16.3 Å². The summed E-state index contributed by atoms with van der Waals surface area (Å²) >= 11 is 5.75. The molecule has 0 saturated carbocycles. The Morgan fingerprint density at radius 3 is 2.50 bits per heavy atom. The second kappa shape index (κ2) is 7.49. The molecule has 1 N–H and O–H groups in total. The monoisotopic (exact) mass is 336 g/mol. The fraction of sp³-hybridized carbons (Fsp3) is 0.429. The molecule has 2 amide bonds. The van der Waals surface area contributed by atoms with Gasteiger partial charge in [-0.3, -0.25) is 9.59 Å². The number of carbonyl (C=O) groups excluding carboxylic acids is 2. The van der Waals surface area contributed by atoms with Crippen molar-refractivity contribution in [1.29, 1.82) is 0 Å². The van der Waals surface area contributed by atoms with E-state index >= 15 is 0 Å². The third-order valence-corrected chi connectivity index (χ3v) is 3.26. The quantitative estimate of drug-likeness (QED) is 0.855. The average molecular weight is 337 g/mol. The minimum Gasteiger partial charge on any atom is -0.338 e. The first kappa shape index (κ1) is 18.3. The number of hydrogen-bond acceptors (Lipinski definition) is 2. The lowest BCUT2D eigenvalue weighted by Crippen LogP contribution is -2.37. The van der Waals surface area contributed by atoms with Gasteiger partial charge in [-0.1, -0.05) is 24.9 Å². The van der Waals surface area contributed by atoms with E-state index in [1.165, 1.54) is 11.9 Å². The largest absolute Gasteiger partial charge is 0.416 e. The molecule has 1 aromatic carbocycles. The second-order valence-corrected chi connectivity index (χ2v) is 5.13. The highest BCUT2D eigenvalue weighted by Gasteiger charge is 2.31. The Hall–Kier alpha value is -1.76. The molecule has 1 rings (SSSR count). The molecule has 0 spiro atoms. The molecule has 0 aliphatic heterocycles. The summed E-state index contributed by atoms with van der Waals surface area (Å²) in [6.45, 7) is 2.32. The van der Waals surface area contributed by atoms with Crippen molar-refractivity contribution < 1.29 is 22.8 Å². The average Bonchev–Trinajstić information content (AvgIpc) is 2.44. The number of hydrogen-bond donors (Lipinski definition) is 1. The van der Waals surface area contributed by atoms with Crippen molar-refractivity contribution in [2.75, 3.05) is 18.9 Å². The molecule has 8 heteroatoms. The van der Waals surface area contributed by atoms with Gasteiger partial charge in [0.15, 0.2) is 0 Å². The highest BCUT2D eigenvalue weighted by Crippen LogP contribution is 2.33. The number of nitrogens with zero attached hydrogens (tertiary/aromatic N) is 1. The summed E-state index contributed by atoms with van der Waals surface area (Å²) in [5.41, 5.74) is -1.21. The highest BCUT2D eigenvalue weighted by molar-refractivity contribution is 6.41. The predicted octanol–water partition coefficient (Wildman–Crippen LogP) is 3.56. The second-order valence-electron chi connectivity index (χ2n) is 4.73. The molecule has 0 atom stereocenters. The summed E-state index contributed by atoms with van der Waals surface area (Å²) in [4.78, 5) is 24.8. The zero-order chi connectivity index (χ0) is 16.9. The van der Waals surface area contributed by atoms with Crippen LogP contribution in [0.5, 0.6) is 0 Å². The summed E-state index contributed by atoms with van der Waals surface area (Å²) in [5.74, 6) is -1.86. The number of likely N-dealkylation sites (N-methyl/N-ethyl adjacent to an activating group) is 1. The number of unbranched alkanes of at least 4 members (excludes halogenated alkanes) is 1. The number of rotatable bonds is 4. The Morgan fingerprint density at radius 1 is 1.32 bits per heavy atom. The number of carbonyl (C=O) groups is 2. The van der Waals surface area contributed by atoms with Gasteiger partial charge in [0.1, 0.15) is 0 Å². The molecule has 4 nitrogen and oxygen atoms in total. The Kier molecular flexibility index (Phi) is 6.22. The summed E-state index contributed by atoms with van der Waals surface area (Å²) in [6.07, 6.45) is -3.00. The third kappa shape index (κ3) is 4.91. The summed E-state index contributed by atoms with van der Waals surface area (Å²) in [6, 6.07) is 2.51. The highest BCUT2D eigenvalue weighted by atomic mass is 35.5. The van der Waals surface area contributed by atoms with Crippen LogP contribution in [-0.2, 0) is 15.8 Å². The topological polar surface area (TPSA) is 49.4 Å². The van der Waals surface area contributed by atoms with E-state index in [4.69, 9.17) is 11.6 Å². The third-order valence-electron chi connectivity index (χ3n) is 2.93. The standard InChI is InChI=1S/C14H16ClF3N2O2/c1-3-4-7-20(2)13(22)12(21)19-11-8-9(14(16,17)18)5-6-10(11)15/h5-6,8H,3-4,7H2,1-2H3,(H,19,21). The fourth-order valence-electron chi connectivity index (χ4n) is 1.64. The van der Waals surface area contributed by atoms with Crippen LogP contribution >= 0.6 is 11.6 Å². The summed E-state index contributed by atoms with van der Waals surface area (Å²) < 4.78 is 37.9. The molecular formula is C14H16ClF3N2O2. The lowest BCUT2D eigenvalue weighted by Gasteiger charge is -2.17. The van der Waals surface area contributed by atoms with Crippen LogP contribution in [0.4, 0.5) is 18.9 Å².